The first kappa shape index (κ1) is 35.5. The molecule has 0 saturated carbocycles. The molecule has 0 amide bonds. The molecule has 0 aliphatic heterocycles. The predicted octanol–water partition coefficient (Wildman–Crippen LogP) is 6.08. The van der Waals surface area contributed by atoms with E-state index in [0.717, 1.165) is 0 Å². The molecule has 12 nitrogen and oxygen atoms in total. The summed E-state index contributed by atoms with van der Waals surface area (Å²) in [6.45, 7) is 16.3. The second-order valence-corrected chi connectivity index (χ2v) is 11.2. The monoisotopic (exact) mass is 583 g/mol. The van der Waals surface area contributed by atoms with Crippen LogP contribution in [0.1, 0.15) is 80.7 Å². The first-order valence-electron chi connectivity index (χ1n) is 13.8. The molecule has 0 aliphatic rings. The van der Waals surface area contributed by atoms with E-state index in [4.69, 9.17) is 28.4 Å². The van der Waals surface area contributed by atoms with E-state index in [0.29, 0.717) is 12.8 Å². The number of hydrogen-bond donors (Lipinski definition) is 2. The van der Waals surface area contributed by atoms with Gasteiger partial charge in [-0.1, -0.05) is 47.6 Å². The van der Waals surface area contributed by atoms with E-state index in [9.17, 15) is 24.3 Å². The van der Waals surface area contributed by atoms with Gasteiger partial charge in [0.1, 0.15) is 5.60 Å². The lowest BCUT2D eigenvalue weighted by Gasteiger charge is -2.34. The second kappa shape index (κ2) is 16.0. The van der Waals surface area contributed by atoms with E-state index in [1.807, 2.05) is 41.5 Å². The zero-order valence-corrected chi connectivity index (χ0v) is 25.5. The normalized spacial score (nSPS) is 13.6. The minimum atomic E-state index is -2.25. The summed E-state index contributed by atoms with van der Waals surface area (Å²) in [4.78, 5) is 49.9. The van der Waals surface area contributed by atoms with Gasteiger partial charge in [-0.05, 0) is 63.1 Å². The van der Waals surface area contributed by atoms with E-state index in [1.165, 1.54) is 18.2 Å². The summed E-state index contributed by atoms with van der Waals surface area (Å²) in [5.74, 6) is -1.77. The Hall–Kier alpha value is -3.54. The average molecular weight is 584 g/mol. The molecule has 0 radical (unpaired) electrons. The molecule has 0 saturated heterocycles. The Morgan fingerprint density at radius 1 is 0.829 bits per heavy atom. The maximum Gasteiger partial charge on any atom is 0.513 e. The van der Waals surface area contributed by atoms with Crippen molar-refractivity contribution in [2.45, 2.75) is 98.9 Å². The van der Waals surface area contributed by atoms with Crippen LogP contribution in [0.25, 0.3) is 0 Å². The van der Waals surface area contributed by atoms with Crippen molar-refractivity contribution in [1.29, 1.82) is 0 Å². The molecule has 1 aromatic rings. The van der Waals surface area contributed by atoms with Crippen molar-refractivity contribution in [3.05, 3.63) is 23.8 Å². The molecule has 2 N–H and O–H groups in total. The zero-order chi connectivity index (χ0) is 31.4. The Kier molecular flexibility index (Phi) is 13.9. The summed E-state index contributed by atoms with van der Waals surface area (Å²) in [7, 11) is 0. The van der Waals surface area contributed by atoms with Crippen LogP contribution in [0.5, 0.6) is 11.5 Å². The number of benzene rings is 1. The van der Waals surface area contributed by atoms with Gasteiger partial charge in [0.25, 0.3) is 5.72 Å². The van der Waals surface area contributed by atoms with Crippen molar-refractivity contribution in [3.8, 4) is 11.5 Å². The fourth-order valence-electron chi connectivity index (χ4n) is 3.08. The number of nitrogens with one attached hydrogen (secondary N) is 1. The van der Waals surface area contributed by atoms with Crippen molar-refractivity contribution >= 4 is 24.4 Å². The van der Waals surface area contributed by atoms with Gasteiger partial charge in [-0.2, -0.15) is 0 Å². The van der Waals surface area contributed by atoms with Crippen LogP contribution in [0.2, 0.25) is 0 Å². The van der Waals surface area contributed by atoms with Crippen LogP contribution in [0.4, 0.5) is 14.4 Å². The fraction of sp³-hybridized carbons (Fsp3) is 0.655. The molecular formula is C29H45NO11. The highest BCUT2D eigenvalue weighted by atomic mass is 16.8. The number of rotatable bonds is 15. The van der Waals surface area contributed by atoms with Crippen molar-refractivity contribution in [3.63, 3.8) is 0 Å². The van der Waals surface area contributed by atoms with Gasteiger partial charge in [-0.3, -0.25) is 5.32 Å². The maximum atomic E-state index is 12.7. The summed E-state index contributed by atoms with van der Waals surface area (Å²) in [5.41, 5.74) is -2.87. The van der Waals surface area contributed by atoms with Crippen molar-refractivity contribution in [2.75, 3.05) is 13.2 Å². The minimum absolute atomic E-state index is 0.0352. The summed E-state index contributed by atoms with van der Waals surface area (Å²) >= 11 is 0. The number of carboxylic acids is 1. The van der Waals surface area contributed by atoms with Gasteiger partial charge in [-0.25, -0.2) is 19.2 Å². The third kappa shape index (κ3) is 12.7. The first-order chi connectivity index (χ1) is 19.0. The number of carboxylic acid groups (broad SMARTS) is 1. The van der Waals surface area contributed by atoms with Crippen molar-refractivity contribution < 1.29 is 52.7 Å². The molecule has 1 aromatic carbocycles. The molecule has 232 valence electrons. The van der Waals surface area contributed by atoms with Crippen molar-refractivity contribution in [2.24, 2.45) is 11.8 Å². The largest absolute Gasteiger partial charge is 0.513 e. The molecule has 1 rings (SSSR count). The SMILES string of the molecule is CCC(C)N[C@@](Cc1ccc(OC(=O)OCC(C)C)c(OC(=O)OCC(C)C)c1)(OC(=O)OC(C)(C)CC)C(=O)O. The van der Waals surface area contributed by atoms with Gasteiger partial charge < -0.3 is 33.5 Å². The van der Waals surface area contributed by atoms with Gasteiger partial charge in [-0.15, -0.1) is 0 Å². The third-order valence-corrected chi connectivity index (χ3v) is 5.82. The van der Waals surface area contributed by atoms with Gasteiger partial charge in [0, 0.05) is 12.5 Å². The highest BCUT2D eigenvalue weighted by Gasteiger charge is 2.45. The molecule has 0 bridgehead atoms. The number of hydrogen-bond acceptors (Lipinski definition) is 11. The Morgan fingerprint density at radius 2 is 1.37 bits per heavy atom. The molecule has 12 heteroatoms. The number of ether oxygens (including phenoxy) is 6. The Bertz CT molecular complexity index is 1040. The van der Waals surface area contributed by atoms with E-state index in [-0.39, 0.29) is 48.2 Å². The van der Waals surface area contributed by atoms with Crippen molar-refractivity contribution in [1.82, 2.24) is 5.32 Å². The maximum absolute atomic E-state index is 12.7. The van der Waals surface area contributed by atoms with Gasteiger partial charge >= 0.3 is 24.4 Å². The molecular weight excluding hydrogens is 538 g/mol. The molecule has 0 aliphatic carbocycles. The molecule has 0 aromatic heterocycles. The average Bonchev–Trinajstić information content (AvgIpc) is 2.87. The van der Waals surface area contributed by atoms with Gasteiger partial charge in [0.05, 0.1) is 13.2 Å². The van der Waals surface area contributed by atoms with Gasteiger partial charge in [0.2, 0.25) is 0 Å². The summed E-state index contributed by atoms with van der Waals surface area (Å²) in [6.07, 6.45) is -2.65. The minimum Gasteiger partial charge on any atom is -0.477 e. The highest BCUT2D eigenvalue weighted by molar-refractivity contribution is 5.80. The third-order valence-electron chi connectivity index (χ3n) is 5.82. The molecule has 0 spiro atoms. The second-order valence-electron chi connectivity index (χ2n) is 11.2. The molecule has 0 heterocycles. The van der Waals surface area contributed by atoms with Crippen LogP contribution in [0.15, 0.2) is 18.2 Å². The van der Waals surface area contributed by atoms with E-state index < -0.39 is 42.2 Å². The number of aliphatic carboxylic acids is 1. The number of carbonyl (C=O) groups excluding carboxylic acids is 3. The molecule has 2 atom stereocenters. The van der Waals surface area contributed by atoms with Crippen LogP contribution in [-0.2, 0) is 30.2 Å². The lowest BCUT2D eigenvalue weighted by molar-refractivity contribution is -0.169. The smallest absolute Gasteiger partial charge is 0.477 e. The predicted molar refractivity (Wildman–Crippen MR) is 149 cm³/mol. The zero-order valence-electron chi connectivity index (χ0n) is 25.5. The van der Waals surface area contributed by atoms with Crippen LogP contribution in [0, 0.1) is 11.8 Å². The topological polar surface area (TPSA) is 156 Å². The highest BCUT2D eigenvalue weighted by Crippen LogP contribution is 2.32. The Labute approximate surface area is 241 Å². The van der Waals surface area contributed by atoms with E-state index in [2.05, 4.69) is 5.32 Å². The van der Waals surface area contributed by atoms with E-state index >= 15 is 0 Å². The molecule has 41 heavy (non-hydrogen) atoms. The summed E-state index contributed by atoms with van der Waals surface area (Å²) < 4.78 is 31.5. The fourth-order valence-corrected chi connectivity index (χ4v) is 3.08. The van der Waals surface area contributed by atoms with Gasteiger partial charge in [0.15, 0.2) is 11.5 Å². The van der Waals surface area contributed by atoms with Crippen LogP contribution in [-0.4, -0.2) is 60.1 Å². The standard InChI is InChI=1S/C29H45NO11/c1-10-20(7)30-29(24(31)32,41-27(35)40-28(8,9)11-2)15-21-12-13-22(38-25(33)36-16-18(3)4)23(14-21)39-26(34)37-17-19(5)6/h12-14,18-20,30H,10-11,15-17H2,1-9H3,(H,31,32)/t20?,29-/m0/s1. The van der Waals surface area contributed by atoms with Crippen LogP contribution < -0.4 is 14.8 Å². The quantitative estimate of drug-likeness (QED) is 0.106. The molecule has 1 unspecified atom stereocenters. The first-order valence-corrected chi connectivity index (χ1v) is 13.8. The lowest BCUT2D eigenvalue weighted by Crippen LogP contribution is -2.60. The number of carbonyl (C=O) groups is 4. The Balaban J connectivity index is 3.45. The van der Waals surface area contributed by atoms with E-state index in [1.54, 1.807) is 20.8 Å². The summed E-state index contributed by atoms with van der Waals surface area (Å²) in [5, 5.41) is 13.1. The Morgan fingerprint density at radius 3 is 1.83 bits per heavy atom. The molecule has 0 fully saturated rings. The summed E-state index contributed by atoms with van der Waals surface area (Å²) in [6, 6.07) is 3.67. The van der Waals surface area contributed by atoms with Crippen LogP contribution in [0.3, 0.4) is 0 Å². The van der Waals surface area contributed by atoms with Crippen LogP contribution >= 0.6 is 0 Å². The lowest BCUT2D eigenvalue weighted by atomic mass is 10.00.